The molecule has 0 aliphatic carbocycles. The zero-order chi connectivity index (χ0) is 17.1. The van der Waals surface area contributed by atoms with Gasteiger partial charge in [0.15, 0.2) is 0 Å². The first kappa shape index (κ1) is 15.4. The molecule has 0 radical (unpaired) electrons. The molecule has 1 aromatic carbocycles. The third-order valence-corrected chi connectivity index (χ3v) is 4.62. The van der Waals surface area contributed by atoms with Gasteiger partial charge in [0, 0.05) is 36.3 Å². The summed E-state index contributed by atoms with van der Waals surface area (Å²) < 4.78 is 1.01. The Hall–Kier alpha value is -3.12. The molecule has 0 aliphatic rings. The van der Waals surface area contributed by atoms with Gasteiger partial charge in [-0.05, 0) is 48.0 Å². The second-order valence-corrected chi connectivity index (χ2v) is 6.39. The molecule has 4 aromatic rings. The molecule has 0 atom stereocenters. The molecule has 0 fully saturated rings. The lowest BCUT2D eigenvalue weighted by Gasteiger charge is -2.07. The van der Waals surface area contributed by atoms with E-state index in [0.717, 1.165) is 27.0 Å². The quantitative estimate of drug-likeness (QED) is 0.612. The number of hydrogen-bond donors (Lipinski definition) is 1. The van der Waals surface area contributed by atoms with Crippen molar-refractivity contribution in [3.05, 3.63) is 77.7 Å². The van der Waals surface area contributed by atoms with E-state index in [-0.39, 0.29) is 5.91 Å². The Balaban J connectivity index is 1.48. The first-order valence-corrected chi connectivity index (χ1v) is 8.64. The van der Waals surface area contributed by atoms with Crippen LogP contribution < -0.4 is 5.32 Å². The summed E-state index contributed by atoms with van der Waals surface area (Å²) in [4.78, 5) is 25.1. The Morgan fingerprint density at radius 3 is 2.92 bits per heavy atom. The van der Waals surface area contributed by atoms with Gasteiger partial charge in [-0.1, -0.05) is 0 Å². The maximum atomic E-state index is 12.4. The minimum atomic E-state index is -0.102. The zero-order valence-electron chi connectivity index (χ0n) is 13.2. The van der Waals surface area contributed by atoms with E-state index in [2.05, 4.69) is 20.3 Å². The lowest BCUT2D eigenvalue weighted by molar-refractivity contribution is 0.0951. The van der Waals surface area contributed by atoms with E-state index in [4.69, 9.17) is 0 Å². The number of hydrogen-bond acceptors (Lipinski definition) is 5. The molecule has 1 N–H and O–H groups in total. The zero-order valence-corrected chi connectivity index (χ0v) is 14.0. The van der Waals surface area contributed by atoms with Crippen molar-refractivity contribution in [1.82, 2.24) is 20.3 Å². The van der Waals surface area contributed by atoms with Crippen LogP contribution in [0.2, 0.25) is 0 Å². The van der Waals surface area contributed by atoms with E-state index >= 15 is 0 Å². The van der Waals surface area contributed by atoms with E-state index in [1.807, 2.05) is 36.4 Å². The highest BCUT2D eigenvalue weighted by Crippen LogP contribution is 2.19. The average molecular weight is 346 g/mol. The van der Waals surface area contributed by atoms with Crippen molar-refractivity contribution >= 4 is 27.5 Å². The Morgan fingerprint density at radius 1 is 1.08 bits per heavy atom. The van der Waals surface area contributed by atoms with Crippen LogP contribution in [0.4, 0.5) is 0 Å². The van der Waals surface area contributed by atoms with Crippen molar-refractivity contribution in [2.24, 2.45) is 0 Å². The van der Waals surface area contributed by atoms with Crippen LogP contribution in [-0.4, -0.2) is 20.9 Å². The van der Waals surface area contributed by atoms with Crippen molar-refractivity contribution in [3.63, 3.8) is 0 Å². The van der Waals surface area contributed by atoms with Crippen LogP contribution in [0.3, 0.4) is 0 Å². The van der Waals surface area contributed by atoms with Gasteiger partial charge in [-0.2, -0.15) is 0 Å². The van der Waals surface area contributed by atoms with Crippen LogP contribution >= 0.6 is 11.3 Å². The summed E-state index contributed by atoms with van der Waals surface area (Å²) in [5.41, 5.74) is 6.11. The van der Waals surface area contributed by atoms with Gasteiger partial charge in [0.25, 0.3) is 5.91 Å². The third kappa shape index (κ3) is 3.39. The maximum absolute atomic E-state index is 12.4. The summed E-state index contributed by atoms with van der Waals surface area (Å²) in [6.45, 7) is 0.440. The highest BCUT2D eigenvalue weighted by atomic mass is 32.1. The van der Waals surface area contributed by atoms with Crippen LogP contribution in [0.5, 0.6) is 0 Å². The lowest BCUT2D eigenvalue weighted by atomic mass is 10.1. The SMILES string of the molecule is O=C(NCc1ccnc(-c2cccnc2)c1)c1ccc2ncsc2c1. The van der Waals surface area contributed by atoms with Crippen LogP contribution in [0.15, 0.2) is 66.6 Å². The second kappa shape index (κ2) is 6.78. The van der Waals surface area contributed by atoms with Crippen LogP contribution in [-0.2, 0) is 6.54 Å². The summed E-state index contributed by atoms with van der Waals surface area (Å²) in [5.74, 6) is -0.102. The van der Waals surface area contributed by atoms with E-state index < -0.39 is 0 Å². The Bertz CT molecular complexity index is 1030. The van der Waals surface area contributed by atoms with Crippen LogP contribution in [0.1, 0.15) is 15.9 Å². The van der Waals surface area contributed by atoms with Crippen molar-refractivity contribution in [2.45, 2.75) is 6.54 Å². The topological polar surface area (TPSA) is 67.8 Å². The molecule has 0 saturated heterocycles. The van der Waals surface area contributed by atoms with Crippen molar-refractivity contribution in [3.8, 4) is 11.3 Å². The molecule has 1 amide bonds. The minimum Gasteiger partial charge on any atom is -0.348 e. The molecular formula is C19H14N4OS. The van der Waals surface area contributed by atoms with Crippen molar-refractivity contribution < 1.29 is 4.79 Å². The molecule has 0 saturated carbocycles. The van der Waals surface area contributed by atoms with Gasteiger partial charge in [-0.3, -0.25) is 14.8 Å². The third-order valence-electron chi connectivity index (χ3n) is 3.83. The number of rotatable bonds is 4. The maximum Gasteiger partial charge on any atom is 0.251 e. The van der Waals surface area contributed by atoms with Gasteiger partial charge >= 0.3 is 0 Å². The molecule has 6 heteroatoms. The molecule has 5 nitrogen and oxygen atoms in total. The van der Waals surface area contributed by atoms with E-state index in [9.17, 15) is 4.79 Å². The van der Waals surface area contributed by atoms with Gasteiger partial charge in [0.2, 0.25) is 0 Å². The van der Waals surface area contributed by atoms with E-state index in [1.54, 1.807) is 30.2 Å². The fraction of sp³-hybridized carbons (Fsp3) is 0.0526. The average Bonchev–Trinajstić information content (AvgIpc) is 3.15. The molecule has 122 valence electrons. The molecule has 25 heavy (non-hydrogen) atoms. The Kier molecular flexibility index (Phi) is 4.18. The number of thiazole rings is 1. The highest BCUT2D eigenvalue weighted by molar-refractivity contribution is 7.16. The molecular weight excluding hydrogens is 332 g/mol. The predicted octanol–water partition coefficient (Wildman–Crippen LogP) is 3.68. The molecule has 3 aromatic heterocycles. The van der Waals surface area contributed by atoms with Gasteiger partial charge < -0.3 is 5.32 Å². The molecule has 0 unspecified atom stereocenters. The summed E-state index contributed by atoms with van der Waals surface area (Å²) in [6.07, 6.45) is 5.25. The lowest BCUT2D eigenvalue weighted by Crippen LogP contribution is -2.22. The monoisotopic (exact) mass is 346 g/mol. The summed E-state index contributed by atoms with van der Waals surface area (Å²) in [7, 11) is 0. The van der Waals surface area contributed by atoms with Crippen molar-refractivity contribution in [2.75, 3.05) is 0 Å². The number of fused-ring (bicyclic) bond motifs is 1. The number of carbonyl (C=O) groups is 1. The van der Waals surface area contributed by atoms with E-state index in [0.29, 0.717) is 12.1 Å². The summed E-state index contributed by atoms with van der Waals surface area (Å²) in [6, 6.07) is 13.2. The largest absolute Gasteiger partial charge is 0.348 e. The van der Waals surface area contributed by atoms with E-state index in [1.165, 1.54) is 11.3 Å². The van der Waals surface area contributed by atoms with Crippen molar-refractivity contribution in [1.29, 1.82) is 0 Å². The normalized spacial score (nSPS) is 10.7. The van der Waals surface area contributed by atoms with Gasteiger partial charge in [0.1, 0.15) is 0 Å². The number of amides is 1. The minimum absolute atomic E-state index is 0.102. The number of carbonyl (C=O) groups excluding carboxylic acids is 1. The molecule has 0 aliphatic heterocycles. The first-order chi connectivity index (χ1) is 12.3. The molecule has 0 spiro atoms. The number of nitrogens with one attached hydrogen (secondary N) is 1. The van der Waals surface area contributed by atoms with Gasteiger partial charge in [-0.15, -0.1) is 11.3 Å². The Morgan fingerprint density at radius 2 is 2.04 bits per heavy atom. The highest BCUT2D eigenvalue weighted by Gasteiger charge is 2.08. The number of pyridine rings is 2. The van der Waals surface area contributed by atoms with Crippen LogP contribution in [0.25, 0.3) is 21.5 Å². The van der Waals surface area contributed by atoms with Gasteiger partial charge in [-0.25, -0.2) is 4.98 Å². The number of nitrogens with zero attached hydrogens (tertiary/aromatic N) is 3. The Labute approximate surface area is 148 Å². The predicted molar refractivity (Wildman–Crippen MR) is 98.3 cm³/mol. The smallest absolute Gasteiger partial charge is 0.251 e. The first-order valence-electron chi connectivity index (χ1n) is 7.76. The fourth-order valence-electron chi connectivity index (χ4n) is 2.54. The summed E-state index contributed by atoms with van der Waals surface area (Å²) in [5, 5.41) is 2.95. The molecule has 3 heterocycles. The van der Waals surface area contributed by atoms with Gasteiger partial charge in [0.05, 0.1) is 21.4 Å². The second-order valence-electron chi connectivity index (χ2n) is 5.51. The number of benzene rings is 1. The van der Waals surface area contributed by atoms with Crippen LogP contribution in [0, 0.1) is 0 Å². The molecule has 4 rings (SSSR count). The standard InChI is InChI=1S/C19H14N4OS/c24-19(14-3-4-16-18(9-14)25-12-23-16)22-10-13-5-7-21-17(8-13)15-2-1-6-20-11-15/h1-9,11-12H,10H2,(H,22,24). The number of aromatic nitrogens is 3. The molecule has 0 bridgehead atoms. The fourth-order valence-corrected chi connectivity index (χ4v) is 3.25. The summed E-state index contributed by atoms with van der Waals surface area (Å²) >= 11 is 1.53.